The second-order valence-electron chi connectivity index (χ2n) is 4.17. The number of rotatable bonds is 3. The van der Waals surface area contributed by atoms with Gasteiger partial charge in [0.2, 0.25) is 0 Å². The van der Waals surface area contributed by atoms with E-state index >= 15 is 0 Å². The van der Waals surface area contributed by atoms with E-state index in [1.54, 1.807) is 0 Å². The van der Waals surface area contributed by atoms with Crippen LogP contribution in [0.3, 0.4) is 0 Å². The summed E-state index contributed by atoms with van der Waals surface area (Å²) in [6.07, 6.45) is 3.98. The van der Waals surface area contributed by atoms with E-state index in [0.717, 1.165) is 15.5 Å². The Labute approximate surface area is 114 Å². The summed E-state index contributed by atoms with van der Waals surface area (Å²) in [5.41, 5.74) is 1.07. The zero-order valence-corrected chi connectivity index (χ0v) is 11.1. The first-order valence-corrected chi connectivity index (χ1v) is 7.20. The van der Waals surface area contributed by atoms with Gasteiger partial charge in [-0.25, -0.2) is 4.21 Å². The van der Waals surface area contributed by atoms with Gasteiger partial charge in [0.05, 0.1) is 10.8 Å². The van der Waals surface area contributed by atoms with Crippen molar-refractivity contribution in [2.75, 3.05) is 0 Å². The largest absolute Gasteiger partial charge is 0.324 e. The van der Waals surface area contributed by atoms with Gasteiger partial charge in [0.15, 0.2) is 0 Å². The molecule has 0 aliphatic carbocycles. The number of nitrogens with zero attached hydrogens (tertiary/aromatic N) is 1. The fourth-order valence-corrected chi connectivity index (χ4v) is 2.99. The van der Waals surface area contributed by atoms with Gasteiger partial charge in [-0.2, -0.15) is 0 Å². The van der Waals surface area contributed by atoms with Crippen LogP contribution in [0.5, 0.6) is 0 Å². The van der Waals surface area contributed by atoms with E-state index in [1.807, 2.05) is 83.7 Å². The molecule has 0 saturated carbocycles. The van der Waals surface area contributed by atoms with E-state index in [9.17, 15) is 4.21 Å². The van der Waals surface area contributed by atoms with Crippen molar-refractivity contribution in [3.05, 3.63) is 79.1 Å². The van der Waals surface area contributed by atoms with Crippen LogP contribution in [0.1, 0.15) is 0 Å². The molecule has 0 N–H and O–H groups in total. The molecule has 3 aromatic rings. The molecule has 1 heterocycles. The zero-order chi connectivity index (χ0) is 13.1. The average molecular weight is 267 g/mol. The van der Waals surface area contributed by atoms with Crippen molar-refractivity contribution < 1.29 is 4.21 Å². The summed E-state index contributed by atoms with van der Waals surface area (Å²) in [5.74, 6) is 0. The monoisotopic (exact) mass is 267 g/mol. The van der Waals surface area contributed by atoms with Crippen molar-refractivity contribution in [3.8, 4) is 5.69 Å². The Morgan fingerprint density at radius 1 is 0.684 bits per heavy atom. The Balaban J connectivity index is 1.89. The van der Waals surface area contributed by atoms with Gasteiger partial charge in [0.1, 0.15) is 0 Å². The second-order valence-corrected chi connectivity index (χ2v) is 5.65. The molecule has 2 nitrogen and oxygen atoms in total. The highest BCUT2D eigenvalue weighted by Crippen LogP contribution is 2.18. The minimum absolute atomic E-state index is 0.821. The van der Waals surface area contributed by atoms with Crippen LogP contribution in [0.25, 0.3) is 5.69 Å². The Morgan fingerprint density at radius 2 is 1.26 bits per heavy atom. The standard InChI is InChI=1S/C16H13NOS/c18-19(15-6-2-1-3-7-15)16-10-8-14(9-11-16)17-12-4-5-13-17/h1-13H. The Morgan fingerprint density at radius 3 is 1.89 bits per heavy atom. The van der Waals surface area contributed by atoms with Crippen molar-refractivity contribution in [1.82, 2.24) is 4.57 Å². The van der Waals surface area contributed by atoms with E-state index < -0.39 is 10.8 Å². The van der Waals surface area contributed by atoms with E-state index in [-0.39, 0.29) is 0 Å². The zero-order valence-electron chi connectivity index (χ0n) is 10.3. The lowest BCUT2D eigenvalue weighted by molar-refractivity contribution is 0.683. The van der Waals surface area contributed by atoms with Gasteiger partial charge in [-0.1, -0.05) is 18.2 Å². The van der Waals surface area contributed by atoms with E-state index in [1.165, 1.54) is 0 Å². The molecule has 3 rings (SSSR count). The van der Waals surface area contributed by atoms with Crippen LogP contribution in [-0.4, -0.2) is 8.78 Å². The molecule has 1 aromatic heterocycles. The molecule has 0 fully saturated rings. The van der Waals surface area contributed by atoms with Gasteiger partial charge in [0, 0.05) is 27.9 Å². The van der Waals surface area contributed by atoms with Gasteiger partial charge in [-0.3, -0.25) is 0 Å². The van der Waals surface area contributed by atoms with Crippen LogP contribution in [0, 0.1) is 0 Å². The minimum atomic E-state index is -1.11. The van der Waals surface area contributed by atoms with Crippen LogP contribution < -0.4 is 0 Å². The summed E-state index contributed by atoms with van der Waals surface area (Å²) in [7, 11) is -1.11. The summed E-state index contributed by atoms with van der Waals surface area (Å²) >= 11 is 0. The van der Waals surface area contributed by atoms with Crippen LogP contribution >= 0.6 is 0 Å². The van der Waals surface area contributed by atoms with Crippen LogP contribution in [0.4, 0.5) is 0 Å². The van der Waals surface area contributed by atoms with E-state index in [0.29, 0.717) is 0 Å². The second kappa shape index (κ2) is 5.24. The van der Waals surface area contributed by atoms with Gasteiger partial charge < -0.3 is 4.57 Å². The lowest BCUT2D eigenvalue weighted by Gasteiger charge is -2.05. The lowest BCUT2D eigenvalue weighted by atomic mass is 10.3. The number of benzene rings is 2. The molecule has 0 aliphatic rings. The normalized spacial score (nSPS) is 12.2. The fourth-order valence-electron chi connectivity index (χ4n) is 1.93. The van der Waals surface area contributed by atoms with Crippen LogP contribution in [0.15, 0.2) is 88.9 Å². The fraction of sp³-hybridized carbons (Fsp3) is 0. The van der Waals surface area contributed by atoms with E-state index in [4.69, 9.17) is 0 Å². The summed E-state index contributed by atoms with van der Waals surface area (Å²) in [4.78, 5) is 1.65. The summed E-state index contributed by atoms with van der Waals surface area (Å²) < 4.78 is 14.4. The number of aromatic nitrogens is 1. The van der Waals surface area contributed by atoms with Gasteiger partial charge in [0.25, 0.3) is 0 Å². The minimum Gasteiger partial charge on any atom is -0.324 e. The van der Waals surface area contributed by atoms with Crippen molar-refractivity contribution in [2.45, 2.75) is 9.79 Å². The highest BCUT2D eigenvalue weighted by molar-refractivity contribution is 7.85. The highest BCUT2D eigenvalue weighted by atomic mass is 32.2. The van der Waals surface area contributed by atoms with Gasteiger partial charge >= 0.3 is 0 Å². The molecule has 0 aliphatic heterocycles. The first-order valence-electron chi connectivity index (χ1n) is 6.05. The Bertz CT molecular complexity index is 673. The first kappa shape index (κ1) is 11.9. The predicted octanol–water partition coefficient (Wildman–Crippen LogP) is 3.64. The molecule has 0 amide bonds. The molecule has 1 unspecified atom stereocenters. The molecule has 19 heavy (non-hydrogen) atoms. The number of hydrogen-bond donors (Lipinski definition) is 0. The van der Waals surface area contributed by atoms with Crippen molar-refractivity contribution >= 4 is 10.8 Å². The topological polar surface area (TPSA) is 22.0 Å². The summed E-state index contributed by atoms with van der Waals surface area (Å²) in [5, 5.41) is 0. The maximum absolute atomic E-state index is 12.3. The van der Waals surface area contributed by atoms with Crippen molar-refractivity contribution in [1.29, 1.82) is 0 Å². The molecule has 94 valence electrons. The highest BCUT2D eigenvalue weighted by Gasteiger charge is 2.06. The van der Waals surface area contributed by atoms with Crippen LogP contribution in [0.2, 0.25) is 0 Å². The molecule has 0 spiro atoms. The summed E-state index contributed by atoms with van der Waals surface area (Å²) in [6.45, 7) is 0. The Hall–Kier alpha value is -2.13. The maximum atomic E-state index is 12.3. The molecule has 0 radical (unpaired) electrons. The SMILES string of the molecule is O=S(c1ccccc1)c1ccc(-n2cccc2)cc1. The molecular formula is C16H13NOS. The quantitative estimate of drug-likeness (QED) is 0.710. The molecular weight excluding hydrogens is 254 g/mol. The first-order chi connectivity index (χ1) is 9.34. The molecule has 1 atom stereocenters. The third-order valence-corrected chi connectivity index (χ3v) is 4.31. The average Bonchev–Trinajstić information content (AvgIpc) is 3.02. The predicted molar refractivity (Wildman–Crippen MR) is 76.9 cm³/mol. The van der Waals surface area contributed by atoms with Crippen molar-refractivity contribution in [2.24, 2.45) is 0 Å². The Kier molecular flexibility index (Phi) is 3.29. The van der Waals surface area contributed by atoms with Gasteiger partial charge in [-0.05, 0) is 48.5 Å². The van der Waals surface area contributed by atoms with Crippen LogP contribution in [-0.2, 0) is 10.8 Å². The number of hydrogen-bond acceptors (Lipinski definition) is 1. The third kappa shape index (κ3) is 2.51. The van der Waals surface area contributed by atoms with E-state index in [2.05, 4.69) is 0 Å². The lowest BCUT2D eigenvalue weighted by Crippen LogP contribution is -1.94. The summed E-state index contributed by atoms with van der Waals surface area (Å²) in [6, 6.07) is 21.3. The van der Waals surface area contributed by atoms with Crippen molar-refractivity contribution in [3.63, 3.8) is 0 Å². The molecule has 0 bridgehead atoms. The smallest absolute Gasteiger partial charge is 0.0849 e. The molecule has 3 heteroatoms. The molecule has 2 aromatic carbocycles. The maximum Gasteiger partial charge on any atom is 0.0849 e. The molecule has 0 saturated heterocycles. The van der Waals surface area contributed by atoms with Gasteiger partial charge in [-0.15, -0.1) is 0 Å². The third-order valence-electron chi connectivity index (χ3n) is 2.91.